The highest BCUT2D eigenvalue weighted by atomic mass is 16.5. The van der Waals surface area contributed by atoms with Gasteiger partial charge in [-0.3, -0.25) is 14.5 Å². The van der Waals surface area contributed by atoms with Crippen LogP contribution in [0.1, 0.15) is 48.0 Å². The zero-order valence-corrected chi connectivity index (χ0v) is 15.5. The number of ether oxygens (including phenoxy) is 1. The fourth-order valence-electron chi connectivity index (χ4n) is 3.65. The Morgan fingerprint density at radius 1 is 1.22 bits per heavy atom. The number of nitrogens with one attached hydrogen (secondary N) is 2. The summed E-state index contributed by atoms with van der Waals surface area (Å²) in [5.41, 5.74) is 0.630. The maximum atomic E-state index is 12.7. The van der Waals surface area contributed by atoms with Crippen molar-refractivity contribution in [3.63, 3.8) is 0 Å². The molecular weight excluding hydrogens is 350 g/mol. The van der Waals surface area contributed by atoms with Crippen molar-refractivity contribution in [3.05, 3.63) is 29.3 Å². The number of aryl methyl sites for hydroxylation is 1. The minimum Gasteiger partial charge on any atom is -0.465 e. The third kappa shape index (κ3) is 3.65. The van der Waals surface area contributed by atoms with E-state index in [9.17, 15) is 19.2 Å². The summed E-state index contributed by atoms with van der Waals surface area (Å²) in [5, 5.41) is 5.45. The molecule has 1 saturated carbocycles. The number of anilines is 1. The Kier molecular flexibility index (Phi) is 5.16. The van der Waals surface area contributed by atoms with Crippen LogP contribution in [0, 0.1) is 6.92 Å². The average molecular weight is 373 g/mol. The summed E-state index contributed by atoms with van der Waals surface area (Å²) in [6.45, 7) is 1.41. The lowest BCUT2D eigenvalue weighted by Crippen LogP contribution is -2.48. The van der Waals surface area contributed by atoms with Gasteiger partial charge in [0.2, 0.25) is 5.91 Å². The van der Waals surface area contributed by atoms with Gasteiger partial charge >= 0.3 is 12.0 Å². The lowest BCUT2D eigenvalue weighted by molar-refractivity contribution is -0.134. The summed E-state index contributed by atoms with van der Waals surface area (Å²) in [6.07, 6.45) is 4.02. The second kappa shape index (κ2) is 7.38. The molecule has 0 atom stereocenters. The average Bonchev–Trinajstić information content (AvgIpc) is 2.87. The molecule has 1 aromatic carbocycles. The predicted molar refractivity (Wildman–Crippen MR) is 97.2 cm³/mol. The summed E-state index contributed by atoms with van der Waals surface area (Å²) in [6, 6.07) is 4.26. The van der Waals surface area contributed by atoms with Gasteiger partial charge in [0.25, 0.3) is 5.91 Å². The van der Waals surface area contributed by atoms with E-state index >= 15 is 0 Å². The van der Waals surface area contributed by atoms with Crippen LogP contribution in [0.3, 0.4) is 0 Å². The summed E-state index contributed by atoms with van der Waals surface area (Å²) in [4.78, 5) is 50.0. The van der Waals surface area contributed by atoms with Crippen LogP contribution in [0.15, 0.2) is 18.2 Å². The van der Waals surface area contributed by atoms with Crippen LogP contribution < -0.4 is 10.6 Å². The van der Waals surface area contributed by atoms with E-state index in [0.717, 1.165) is 29.7 Å². The Bertz CT molecular complexity index is 799. The van der Waals surface area contributed by atoms with Crippen LogP contribution in [0.5, 0.6) is 0 Å². The van der Waals surface area contributed by atoms with Gasteiger partial charge in [-0.15, -0.1) is 0 Å². The first kappa shape index (κ1) is 18.9. The van der Waals surface area contributed by atoms with Crippen LogP contribution in [0.2, 0.25) is 0 Å². The van der Waals surface area contributed by atoms with Crippen molar-refractivity contribution in [2.45, 2.75) is 44.6 Å². The van der Waals surface area contributed by atoms with Crippen LogP contribution in [-0.2, 0) is 14.3 Å². The SMILES string of the molecule is COC(=O)c1ccc(C)c(NC(=O)CN2C(=O)NC3(CCCCC3)C2=O)c1. The summed E-state index contributed by atoms with van der Waals surface area (Å²) < 4.78 is 4.68. The van der Waals surface area contributed by atoms with E-state index < -0.39 is 23.4 Å². The number of methoxy groups -OCH3 is 1. The first-order valence-corrected chi connectivity index (χ1v) is 8.99. The first-order valence-electron chi connectivity index (χ1n) is 8.99. The Balaban J connectivity index is 1.70. The highest BCUT2D eigenvalue weighted by Gasteiger charge is 2.51. The van der Waals surface area contributed by atoms with Crippen molar-refractivity contribution >= 4 is 29.5 Å². The van der Waals surface area contributed by atoms with Crippen molar-refractivity contribution in [2.75, 3.05) is 19.0 Å². The fraction of sp³-hybridized carbons (Fsp3) is 0.474. The number of amides is 4. The number of nitrogens with zero attached hydrogens (tertiary/aromatic N) is 1. The molecule has 2 aliphatic rings. The molecule has 0 bridgehead atoms. The largest absolute Gasteiger partial charge is 0.465 e. The van der Waals surface area contributed by atoms with Crippen molar-refractivity contribution in [1.82, 2.24) is 10.2 Å². The van der Waals surface area contributed by atoms with E-state index in [-0.39, 0.29) is 12.5 Å². The summed E-state index contributed by atoms with van der Waals surface area (Å²) in [5.74, 6) is -1.35. The first-order chi connectivity index (χ1) is 12.9. The van der Waals surface area contributed by atoms with E-state index in [1.807, 2.05) is 0 Å². The molecule has 2 fully saturated rings. The molecule has 2 N–H and O–H groups in total. The van der Waals surface area contributed by atoms with Gasteiger partial charge in [0.1, 0.15) is 12.1 Å². The zero-order chi connectivity index (χ0) is 19.6. The molecule has 1 aromatic rings. The van der Waals surface area contributed by atoms with Crippen LogP contribution in [-0.4, -0.2) is 47.9 Å². The summed E-state index contributed by atoms with van der Waals surface area (Å²) >= 11 is 0. The zero-order valence-electron chi connectivity index (χ0n) is 15.5. The Morgan fingerprint density at radius 3 is 2.59 bits per heavy atom. The van der Waals surface area contributed by atoms with E-state index in [1.54, 1.807) is 19.1 Å². The molecule has 8 heteroatoms. The van der Waals surface area contributed by atoms with E-state index in [4.69, 9.17) is 0 Å². The highest BCUT2D eigenvalue weighted by Crippen LogP contribution is 2.33. The third-order valence-electron chi connectivity index (χ3n) is 5.19. The van der Waals surface area contributed by atoms with E-state index in [2.05, 4.69) is 15.4 Å². The second-order valence-corrected chi connectivity index (χ2v) is 7.03. The molecule has 0 aromatic heterocycles. The highest BCUT2D eigenvalue weighted by molar-refractivity contribution is 6.10. The smallest absolute Gasteiger partial charge is 0.337 e. The lowest BCUT2D eigenvalue weighted by atomic mass is 9.82. The molecule has 1 heterocycles. The summed E-state index contributed by atoms with van der Waals surface area (Å²) in [7, 11) is 1.28. The molecule has 0 unspecified atom stereocenters. The molecule has 1 aliphatic heterocycles. The molecule has 1 spiro atoms. The Morgan fingerprint density at radius 2 is 1.93 bits per heavy atom. The van der Waals surface area contributed by atoms with Crippen molar-refractivity contribution in [1.29, 1.82) is 0 Å². The normalized spacial score (nSPS) is 18.4. The Labute approximate surface area is 157 Å². The molecular formula is C19H23N3O5. The maximum Gasteiger partial charge on any atom is 0.337 e. The number of benzene rings is 1. The van der Waals surface area contributed by atoms with E-state index in [0.29, 0.717) is 24.1 Å². The predicted octanol–water partition coefficient (Wildman–Crippen LogP) is 1.97. The molecule has 4 amide bonds. The molecule has 3 rings (SSSR count). The number of hydrogen-bond acceptors (Lipinski definition) is 5. The number of esters is 1. The lowest BCUT2D eigenvalue weighted by Gasteiger charge is -2.30. The molecule has 27 heavy (non-hydrogen) atoms. The quantitative estimate of drug-likeness (QED) is 0.620. The van der Waals surface area contributed by atoms with Crippen molar-refractivity contribution in [3.8, 4) is 0 Å². The van der Waals surface area contributed by atoms with Gasteiger partial charge in [-0.2, -0.15) is 0 Å². The van der Waals surface area contributed by atoms with Crippen LogP contribution >= 0.6 is 0 Å². The number of imide groups is 1. The van der Waals surface area contributed by atoms with Gasteiger partial charge in [-0.25, -0.2) is 9.59 Å². The second-order valence-electron chi connectivity index (χ2n) is 7.03. The van der Waals surface area contributed by atoms with E-state index in [1.165, 1.54) is 13.2 Å². The molecule has 144 valence electrons. The number of rotatable bonds is 4. The van der Waals surface area contributed by atoms with Crippen LogP contribution in [0.4, 0.5) is 10.5 Å². The van der Waals surface area contributed by atoms with Gasteiger partial charge in [-0.1, -0.05) is 25.3 Å². The third-order valence-corrected chi connectivity index (χ3v) is 5.19. The topological polar surface area (TPSA) is 105 Å². The fourth-order valence-corrected chi connectivity index (χ4v) is 3.65. The van der Waals surface area contributed by atoms with Gasteiger partial charge in [0.05, 0.1) is 12.7 Å². The minimum atomic E-state index is -0.851. The monoisotopic (exact) mass is 373 g/mol. The molecule has 8 nitrogen and oxygen atoms in total. The van der Waals surface area contributed by atoms with Crippen LogP contribution in [0.25, 0.3) is 0 Å². The number of carbonyl (C=O) groups is 4. The van der Waals surface area contributed by atoms with Crippen molar-refractivity contribution < 1.29 is 23.9 Å². The standard InChI is InChI=1S/C19H23N3O5/c1-12-6-7-13(16(24)27-2)10-14(12)20-15(23)11-22-17(25)19(21-18(22)26)8-4-3-5-9-19/h6-7,10H,3-5,8-9,11H2,1-2H3,(H,20,23)(H,21,26). The molecule has 1 saturated heterocycles. The van der Waals surface area contributed by atoms with Gasteiger partial charge in [-0.05, 0) is 37.5 Å². The number of urea groups is 1. The van der Waals surface area contributed by atoms with Gasteiger partial charge < -0.3 is 15.4 Å². The van der Waals surface area contributed by atoms with Crippen molar-refractivity contribution in [2.24, 2.45) is 0 Å². The Hall–Kier alpha value is -2.90. The van der Waals surface area contributed by atoms with Gasteiger partial charge in [0, 0.05) is 5.69 Å². The number of hydrogen-bond donors (Lipinski definition) is 2. The molecule has 1 aliphatic carbocycles. The minimum absolute atomic E-state index is 0.301. The molecule has 0 radical (unpaired) electrons. The number of carbonyl (C=O) groups excluding carboxylic acids is 4. The maximum absolute atomic E-state index is 12.7. The van der Waals surface area contributed by atoms with Gasteiger partial charge in [0.15, 0.2) is 0 Å².